The Kier molecular flexibility index (Phi) is 6.72. The highest BCUT2D eigenvalue weighted by Crippen LogP contribution is 2.15. The molecule has 0 bridgehead atoms. The highest BCUT2D eigenvalue weighted by atomic mass is 14.8. The zero-order valence-electron chi connectivity index (χ0n) is 9.84. The van der Waals surface area contributed by atoms with Crippen molar-refractivity contribution < 1.29 is 0 Å². The molecule has 2 aliphatic rings. The highest BCUT2D eigenvalue weighted by molar-refractivity contribution is 5.19. The van der Waals surface area contributed by atoms with Gasteiger partial charge in [-0.25, -0.2) is 0 Å². The van der Waals surface area contributed by atoms with Crippen molar-refractivity contribution in [1.29, 1.82) is 0 Å². The van der Waals surface area contributed by atoms with Crippen LogP contribution >= 0.6 is 0 Å². The fraction of sp³-hybridized carbons (Fsp3) is 0.571. The SMILES string of the molecule is C1CCCCCC1.CC1=CC=CC=CN1. The summed E-state index contributed by atoms with van der Waals surface area (Å²) < 4.78 is 0. The van der Waals surface area contributed by atoms with Crippen molar-refractivity contribution in [3.05, 3.63) is 36.2 Å². The Morgan fingerprint density at radius 3 is 1.87 bits per heavy atom. The van der Waals surface area contributed by atoms with Gasteiger partial charge in [0.05, 0.1) is 0 Å². The molecule has 1 fully saturated rings. The van der Waals surface area contributed by atoms with Crippen LogP contribution in [0.1, 0.15) is 51.9 Å². The minimum Gasteiger partial charge on any atom is -0.365 e. The standard InChI is InChI=1S/C7H9N.C7H14/c1-7-5-3-2-4-6-8-7;1-2-4-6-7-5-3-1/h2-6,8H,1H3;1-7H2. The van der Waals surface area contributed by atoms with E-state index in [-0.39, 0.29) is 0 Å². The summed E-state index contributed by atoms with van der Waals surface area (Å²) in [6, 6.07) is 0. The van der Waals surface area contributed by atoms with E-state index >= 15 is 0 Å². The van der Waals surface area contributed by atoms with Gasteiger partial charge in [-0.1, -0.05) is 57.1 Å². The Morgan fingerprint density at radius 2 is 1.33 bits per heavy atom. The molecule has 0 saturated heterocycles. The number of hydrogen-bond acceptors (Lipinski definition) is 1. The van der Waals surface area contributed by atoms with Gasteiger partial charge >= 0.3 is 0 Å². The van der Waals surface area contributed by atoms with Crippen LogP contribution in [-0.4, -0.2) is 0 Å². The Hall–Kier alpha value is -0.980. The van der Waals surface area contributed by atoms with Crippen LogP contribution < -0.4 is 5.32 Å². The molecule has 1 aliphatic heterocycles. The molecule has 1 heterocycles. The summed E-state index contributed by atoms with van der Waals surface area (Å²) in [5, 5.41) is 3.06. The third kappa shape index (κ3) is 7.01. The quantitative estimate of drug-likeness (QED) is 0.582. The van der Waals surface area contributed by atoms with E-state index in [2.05, 4.69) is 5.32 Å². The van der Waals surface area contributed by atoms with Crippen molar-refractivity contribution in [3.63, 3.8) is 0 Å². The summed E-state index contributed by atoms with van der Waals surface area (Å²) in [6.07, 6.45) is 20.4. The van der Waals surface area contributed by atoms with Crippen LogP contribution in [-0.2, 0) is 0 Å². The molecule has 0 unspecified atom stereocenters. The molecule has 84 valence electrons. The molecule has 1 heteroatoms. The Bertz CT molecular complexity index is 216. The van der Waals surface area contributed by atoms with Crippen molar-refractivity contribution in [1.82, 2.24) is 5.32 Å². The molecule has 1 nitrogen and oxygen atoms in total. The fourth-order valence-corrected chi connectivity index (χ4v) is 1.78. The van der Waals surface area contributed by atoms with E-state index in [1.807, 2.05) is 37.4 Å². The van der Waals surface area contributed by atoms with Gasteiger partial charge in [-0.05, 0) is 19.1 Å². The van der Waals surface area contributed by atoms with Crippen molar-refractivity contribution in [2.75, 3.05) is 0 Å². The average molecular weight is 205 g/mol. The average Bonchev–Trinajstić information content (AvgIpc) is 2.64. The second kappa shape index (κ2) is 8.34. The summed E-state index contributed by atoms with van der Waals surface area (Å²) in [7, 11) is 0. The fourth-order valence-electron chi connectivity index (χ4n) is 1.78. The van der Waals surface area contributed by atoms with Gasteiger partial charge in [-0.2, -0.15) is 0 Å². The van der Waals surface area contributed by atoms with Gasteiger partial charge in [0.2, 0.25) is 0 Å². The van der Waals surface area contributed by atoms with Crippen LogP contribution in [0.2, 0.25) is 0 Å². The molecule has 0 radical (unpaired) electrons. The van der Waals surface area contributed by atoms with E-state index in [0.717, 1.165) is 0 Å². The van der Waals surface area contributed by atoms with Crippen LogP contribution in [0, 0.1) is 0 Å². The smallest absolute Gasteiger partial charge is 0.0115 e. The maximum Gasteiger partial charge on any atom is 0.0115 e. The molecule has 15 heavy (non-hydrogen) atoms. The summed E-state index contributed by atoms with van der Waals surface area (Å²) >= 11 is 0. The zero-order valence-corrected chi connectivity index (χ0v) is 9.84. The van der Waals surface area contributed by atoms with E-state index in [9.17, 15) is 0 Å². The molecule has 0 amide bonds. The maximum atomic E-state index is 3.06. The van der Waals surface area contributed by atoms with Crippen LogP contribution in [0.3, 0.4) is 0 Å². The van der Waals surface area contributed by atoms with E-state index in [1.165, 1.54) is 50.6 Å². The minimum absolute atomic E-state index is 1.18. The molecular weight excluding hydrogens is 182 g/mol. The van der Waals surface area contributed by atoms with Gasteiger partial charge in [-0.3, -0.25) is 0 Å². The lowest BCUT2D eigenvalue weighted by molar-refractivity contribution is 0.702. The van der Waals surface area contributed by atoms with Crippen LogP contribution in [0.5, 0.6) is 0 Å². The maximum absolute atomic E-state index is 3.06. The number of rotatable bonds is 0. The molecule has 0 spiro atoms. The Labute approximate surface area is 94.0 Å². The summed E-state index contributed by atoms with van der Waals surface area (Å²) in [5.41, 5.74) is 1.18. The normalized spacial score (nSPS) is 20.2. The van der Waals surface area contributed by atoms with Gasteiger partial charge < -0.3 is 5.32 Å². The van der Waals surface area contributed by atoms with Crippen LogP contribution in [0.4, 0.5) is 0 Å². The first-order valence-corrected chi connectivity index (χ1v) is 6.16. The summed E-state index contributed by atoms with van der Waals surface area (Å²) in [4.78, 5) is 0. The van der Waals surface area contributed by atoms with Crippen LogP contribution in [0.15, 0.2) is 36.2 Å². The van der Waals surface area contributed by atoms with Gasteiger partial charge in [0.15, 0.2) is 0 Å². The second-order valence-electron chi connectivity index (χ2n) is 4.21. The molecule has 0 aromatic carbocycles. The first-order valence-electron chi connectivity index (χ1n) is 6.16. The van der Waals surface area contributed by atoms with Gasteiger partial charge in [0.1, 0.15) is 0 Å². The van der Waals surface area contributed by atoms with Crippen molar-refractivity contribution in [2.24, 2.45) is 0 Å². The number of allylic oxidation sites excluding steroid dienone is 5. The van der Waals surface area contributed by atoms with Crippen molar-refractivity contribution in [3.8, 4) is 0 Å². The third-order valence-electron chi connectivity index (χ3n) is 2.73. The largest absolute Gasteiger partial charge is 0.365 e. The molecule has 2 rings (SSSR count). The van der Waals surface area contributed by atoms with E-state index in [0.29, 0.717) is 0 Å². The van der Waals surface area contributed by atoms with Gasteiger partial charge in [0.25, 0.3) is 0 Å². The zero-order chi connectivity index (χ0) is 10.8. The van der Waals surface area contributed by atoms with E-state index in [1.54, 1.807) is 0 Å². The summed E-state index contributed by atoms with van der Waals surface area (Å²) in [6.45, 7) is 2.03. The molecule has 0 atom stereocenters. The monoisotopic (exact) mass is 205 g/mol. The predicted molar refractivity (Wildman–Crippen MR) is 67.5 cm³/mol. The Morgan fingerprint density at radius 1 is 0.800 bits per heavy atom. The molecule has 0 aromatic heterocycles. The highest BCUT2D eigenvalue weighted by Gasteiger charge is 1.95. The molecule has 1 N–H and O–H groups in total. The lowest BCUT2D eigenvalue weighted by atomic mass is 10.2. The first kappa shape index (κ1) is 12.1. The summed E-state index contributed by atoms with van der Waals surface area (Å²) in [5.74, 6) is 0. The topological polar surface area (TPSA) is 12.0 Å². The first-order chi connectivity index (χ1) is 7.39. The van der Waals surface area contributed by atoms with Crippen molar-refractivity contribution in [2.45, 2.75) is 51.9 Å². The lowest BCUT2D eigenvalue weighted by Crippen LogP contribution is -1.98. The van der Waals surface area contributed by atoms with Crippen LogP contribution in [0.25, 0.3) is 0 Å². The third-order valence-corrected chi connectivity index (χ3v) is 2.73. The Balaban J connectivity index is 0.000000151. The lowest BCUT2D eigenvalue weighted by Gasteiger charge is -1.93. The number of nitrogens with one attached hydrogen (secondary N) is 1. The molecular formula is C14H23N. The molecule has 0 aromatic rings. The van der Waals surface area contributed by atoms with Gasteiger partial charge in [-0.15, -0.1) is 0 Å². The van der Waals surface area contributed by atoms with E-state index in [4.69, 9.17) is 0 Å². The van der Waals surface area contributed by atoms with Crippen molar-refractivity contribution >= 4 is 0 Å². The van der Waals surface area contributed by atoms with E-state index < -0.39 is 0 Å². The molecule has 1 saturated carbocycles. The molecule has 1 aliphatic carbocycles. The minimum atomic E-state index is 1.18. The second-order valence-corrected chi connectivity index (χ2v) is 4.21. The van der Waals surface area contributed by atoms with Gasteiger partial charge in [0, 0.05) is 11.9 Å². The number of hydrogen-bond donors (Lipinski definition) is 1. The predicted octanol–water partition coefficient (Wildman–Crippen LogP) is 4.29.